The van der Waals surface area contributed by atoms with Gasteiger partial charge in [-0.1, -0.05) is 0 Å². The molecule has 15 heavy (non-hydrogen) atoms. The molecule has 0 aliphatic carbocycles. The molecular formula is C12H16GeNO. The molecule has 0 heterocycles. The van der Waals surface area contributed by atoms with Crippen molar-refractivity contribution >= 4 is 32.5 Å². The standard InChI is InChI=1S/C12H16GeNO/c1-12(2,3)11(15)14(4)10-7-5-9(13)6-8-10/h5-8H,1-4H3. The number of nitrogens with zero attached hydrogens (tertiary/aromatic N) is 1. The number of rotatable bonds is 1. The van der Waals surface area contributed by atoms with Crippen LogP contribution in [-0.2, 0) is 4.79 Å². The van der Waals surface area contributed by atoms with Crippen LogP contribution in [0.15, 0.2) is 24.3 Å². The Kier molecular flexibility index (Phi) is 3.60. The molecule has 0 fully saturated rings. The van der Waals surface area contributed by atoms with Crippen LogP contribution in [0.25, 0.3) is 0 Å². The van der Waals surface area contributed by atoms with E-state index < -0.39 is 0 Å². The zero-order chi connectivity index (χ0) is 11.6. The van der Waals surface area contributed by atoms with Crippen LogP contribution in [-0.4, -0.2) is 29.5 Å². The van der Waals surface area contributed by atoms with Gasteiger partial charge in [0.15, 0.2) is 0 Å². The van der Waals surface area contributed by atoms with E-state index in [1.165, 1.54) is 4.40 Å². The van der Waals surface area contributed by atoms with E-state index in [2.05, 4.69) is 0 Å². The first-order valence-electron chi connectivity index (χ1n) is 4.92. The molecule has 3 heteroatoms. The number of anilines is 1. The topological polar surface area (TPSA) is 20.3 Å². The van der Waals surface area contributed by atoms with Gasteiger partial charge < -0.3 is 0 Å². The third kappa shape index (κ3) is 3.09. The van der Waals surface area contributed by atoms with Gasteiger partial charge in [-0.15, -0.1) is 0 Å². The Bertz CT molecular complexity index is 351. The summed E-state index contributed by atoms with van der Waals surface area (Å²) >= 11 is 2.04. The zero-order valence-corrected chi connectivity index (χ0v) is 11.8. The Hall–Kier alpha value is -0.767. The predicted molar refractivity (Wildman–Crippen MR) is 64.7 cm³/mol. The predicted octanol–water partition coefficient (Wildman–Crippen LogP) is 1.49. The second-order valence-corrected chi connectivity index (χ2v) is 5.87. The van der Waals surface area contributed by atoms with E-state index in [1.807, 2.05) is 68.6 Å². The fourth-order valence-electron chi connectivity index (χ4n) is 1.31. The summed E-state index contributed by atoms with van der Waals surface area (Å²) < 4.78 is 1.20. The van der Waals surface area contributed by atoms with Gasteiger partial charge in [0.25, 0.3) is 0 Å². The molecule has 3 radical (unpaired) electrons. The molecule has 1 rings (SSSR count). The van der Waals surface area contributed by atoms with Crippen molar-refractivity contribution in [2.75, 3.05) is 11.9 Å². The Balaban J connectivity index is 2.90. The van der Waals surface area contributed by atoms with Crippen LogP contribution < -0.4 is 9.30 Å². The molecule has 0 saturated carbocycles. The Morgan fingerprint density at radius 3 is 2.07 bits per heavy atom. The van der Waals surface area contributed by atoms with Crippen molar-refractivity contribution in [1.29, 1.82) is 0 Å². The van der Waals surface area contributed by atoms with E-state index in [4.69, 9.17) is 0 Å². The molecule has 0 spiro atoms. The maximum atomic E-state index is 12.0. The minimum atomic E-state index is -0.334. The number of carbonyl (C=O) groups excluding carboxylic acids is 1. The molecule has 1 aromatic rings. The molecule has 1 amide bonds. The first kappa shape index (κ1) is 12.3. The summed E-state index contributed by atoms with van der Waals surface area (Å²) in [5.74, 6) is 0.131. The van der Waals surface area contributed by atoms with Crippen molar-refractivity contribution in [2.45, 2.75) is 20.8 Å². The van der Waals surface area contributed by atoms with Gasteiger partial charge in [-0.25, -0.2) is 0 Å². The van der Waals surface area contributed by atoms with Gasteiger partial charge in [-0.2, -0.15) is 0 Å². The average Bonchev–Trinajstić information content (AvgIpc) is 2.15. The Morgan fingerprint density at radius 1 is 1.20 bits per heavy atom. The van der Waals surface area contributed by atoms with E-state index in [0.29, 0.717) is 0 Å². The van der Waals surface area contributed by atoms with Crippen molar-refractivity contribution in [3.8, 4) is 0 Å². The van der Waals surface area contributed by atoms with Gasteiger partial charge in [0.1, 0.15) is 0 Å². The van der Waals surface area contributed by atoms with Gasteiger partial charge >= 0.3 is 99.7 Å². The van der Waals surface area contributed by atoms with E-state index in [-0.39, 0.29) is 11.3 Å². The quantitative estimate of drug-likeness (QED) is 0.703. The second-order valence-electron chi connectivity index (χ2n) is 4.66. The molecule has 0 aliphatic rings. The molecule has 0 atom stereocenters. The number of carbonyl (C=O) groups is 1. The van der Waals surface area contributed by atoms with Crippen LogP contribution >= 0.6 is 0 Å². The molecule has 0 unspecified atom stereocenters. The molecule has 0 N–H and O–H groups in total. The fraction of sp³-hybridized carbons (Fsp3) is 0.417. The van der Waals surface area contributed by atoms with Crippen LogP contribution in [0.4, 0.5) is 5.69 Å². The van der Waals surface area contributed by atoms with Gasteiger partial charge in [0.05, 0.1) is 0 Å². The molecule has 0 saturated heterocycles. The molecular weight excluding hydrogens is 247 g/mol. The third-order valence-electron chi connectivity index (χ3n) is 2.20. The second kappa shape index (κ2) is 4.39. The minimum absolute atomic E-state index is 0.131. The number of amides is 1. The Labute approximate surface area is 99.9 Å². The monoisotopic (exact) mass is 264 g/mol. The van der Waals surface area contributed by atoms with Crippen LogP contribution in [0, 0.1) is 5.41 Å². The van der Waals surface area contributed by atoms with Crippen molar-refractivity contribution < 1.29 is 4.79 Å². The number of benzene rings is 1. The van der Waals surface area contributed by atoms with Gasteiger partial charge in [0.2, 0.25) is 0 Å². The SMILES string of the molecule is CN(C(=O)C(C)(C)C)c1cc[c]([Ge])cc1. The summed E-state index contributed by atoms with van der Waals surface area (Å²) in [5, 5.41) is 0. The van der Waals surface area contributed by atoms with Crippen LogP contribution in [0.5, 0.6) is 0 Å². The van der Waals surface area contributed by atoms with Crippen LogP contribution in [0.2, 0.25) is 0 Å². The van der Waals surface area contributed by atoms with E-state index in [0.717, 1.165) is 5.69 Å². The molecule has 0 aliphatic heterocycles. The molecule has 0 aromatic heterocycles. The average molecular weight is 263 g/mol. The first-order valence-corrected chi connectivity index (χ1v) is 5.97. The van der Waals surface area contributed by atoms with E-state index in [1.54, 1.807) is 4.90 Å². The van der Waals surface area contributed by atoms with Crippen molar-refractivity contribution in [3.63, 3.8) is 0 Å². The Morgan fingerprint density at radius 2 is 1.67 bits per heavy atom. The number of hydrogen-bond donors (Lipinski definition) is 0. The van der Waals surface area contributed by atoms with Gasteiger partial charge in [-0.3, -0.25) is 0 Å². The molecule has 79 valence electrons. The van der Waals surface area contributed by atoms with Gasteiger partial charge in [-0.05, 0) is 0 Å². The summed E-state index contributed by atoms with van der Waals surface area (Å²) in [6.07, 6.45) is 0. The number of hydrogen-bond acceptors (Lipinski definition) is 1. The fourth-order valence-corrected chi connectivity index (χ4v) is 1.66. The van der Waals surface area contributed by atoms with Crippen LogP contribution in [0.3, 0.4) is 0 Å². The van der Waals surface area contributed by atoms with Crippen molar-refractivity contribution in [3.05, 3.63) is 24.3 Å². The maximum absolute atomic E-state index is 12.0. The summed E-state index contributed by atoms with van der Waals surface area (Å²) in [4.78, 5) is 13.7. The molecule has 0 bridgehead atoms. The van der Waals surface area contributed by atoms with E-state index in [9.17, 15) is 4.79 Å². The first-order chi connectivity index (χ1) is 6.82. The summed E-state index contributed by atoms with van der Waals surface area (Å²) in [7, 11) is 1.82. The zero-order valence-electron chi connectivity index (χ0n) is 9.66. The molecule has 2 nitrogen and oxygen atoms in total. The van der Waals surface area contributed by atoms with E-state index >= 15 is 0 Å². The summed E-state index contributed by atoms with van der Waals surface area (Å²) in [6, 6.07) is 7.97. The van der Waals surface area contributed by atoms with Crippen LogP contribution in [0.1, 0.15) is 20.8 Å². The summed E-state index contributed by atoms with van der Waals surface area (Å²) in [5.41, 5.74) is 0.611. The third-order valence-corrected chi connectivity index (χ3v) is 2.90. The summed E-state index contributed by atoms with van der Waals surface area (Å²) in [6.45, 7) is 5.79. The van der Waals surface area contributed by atoms with Crippen molar-refractivity contribution in [2.24, 2.45) is 5.41 Å². The normalized spacial score (nSPS) is 11.3. The molecule has 1 aromatic carbocycles. The van der Waals surface area contributed by atoms with Crippen molar-refractivity contribution in [1.82, 2.24) is 0 Å². The van der Waals surface area contributed by atoms with Gasteiger partial charge in [0, 0.05) is 0 Å².